The molecule has 0 bridgehead atoms. The van der Waals surface area contributed by atoms with Crippen LogP contribution >= 0.6 is 25.5 Å². The molecular weight excluding hydrogens is 549 g/mol. The molecule has 0 aromatic heterocycles. The summed E-state index contributed by atoms with van der Waals surface area (Å²) in [5.41, 5.74) is 3.34. The molecule has 0 radical (unpaired) electrons. The van der Waals surface area contributed by atoms with Gasteiger partial charge in [-0.05, 0) is 31.4 Å². The number of nitrogens with one attached hydrogen (secondary N) is 1. The number of para-hydroxylation sites is 1. The molecule has 1 unspecified atom stereocenters. The van der Waals surface area contributed by atoms with Crippen LogP contribution in [0.2, 0.25) is 0 Å². The maximum absolute atomic E-state index is 12.1. The number of carbonyl (C=O) groups is 2. The lowest BCUT2D eigenvalue weighted by molar-refractivity contribution is -0.127. The van der Waals surface area contributed by atoms with Crippen molar-refractivity contribution in [3.63, 3.8) is 0 Å². The van der Waals surface area contributed by atoms with E-state index in [1.54, 1.807) is 12.1 Å². The number of benzene rings is 1. The second-order valence-electron chi connectivity index (χ2n) is 7.31. The molecule has 0 aliphatic carbocycles. The Hall–Kier alpha value is -1.20. The van der Waals surface area contributed by atoms with Crippen LogP contribution in [-0.2, 0) is 23.2 Å². The maximum atomic E-state index is 12.1. The van der Waals surface area contributed by atoms with Crippen LogP contribution in [0.1, 0.15) is 65.7 Å². The van der Waals surface area contributed by atoms with Crippen molar-refractivity contribution in [3.8, 4) is 0 Å². The molecule has 214 valence electrons. The van der Waals surface area contributed by atoms with Crippen molar-refractivity contribution in [2.24, 2.45) is 5.92 Å². The summed E-state index contributed by atoms with van der Waals surface area (Å²) >= 11 is 0. The normalized spacial score (nSPS) is 14.2. The molecule has 1 saturated heterocycles. The third-order valence-corrected chi connectivity index (χ3v) is 5.12. The van der Waals surface area contributed by atoms with Crippen LogP contribution in [0.4, 0.5) is 5.69 Å². The molecule has 7 N–H and O–H groups in total. The monoisotopic (exact) mass is 589 g/mol. The summed E-state index contributed by atoms with van der Waals surface area (Å²) in [5, 5.41) is 1.35. The van der Waals surface area contributed by atoms with Crippen LogP contribution < -0.4 is 10.4 Å². The smallest absolute Gasteiger partial charge is 0.328 e. The van der Waals surface area contributed by atoms with Crippen LogP contribution in [0.5, 0.6) is 0 Å². The Kier molecular flexibility index (Phi) is 25.7. The maximum Gasteiger partial charge on any atom is 0.692 e. The van der Waals surface area contributed by atoms with Gasteiger partial charge in [0.1, 0.15) is 5.92 Å². The number of anilines is 1. The van der Waals surface area contributed by atoms with E-state index in [0.29, 0.717) is 25.3 Å². The lowest BCUT2D eigenvalue weighted by atomic mass is 10.0. The lowest BCUT2D eigenvalue weighted by Crippen LogP contribution is -2.35. The summed E-state index contributed by atoms with van der Waals surface area (Å²) in [7, 11) is -7.09. The number of hydrogen-bond donors (Lipinski definition) is 7. The van der Waals surface area contributed by atoms with Crippen molar-refractivity contribution < 1.29 is 52.6 Å². The fraction of sp³-hybridized carbons (Fsp3) is 0.619. The molecule has 1 aliphatic rings. The van der Waals surface area contributed by atoms with Crippen molar-refractivity contribution in [2.45, 2.75) is 65.7 Å². The molecule has 0 saturated carbocycles. The van der Waals surface area contributed by atoms with E-state index in [1.807, 2.05) is 25.1 Å². The van der Waals surface area contributed by atoms with Gasteiger partial charge in [-0.15, -0.1) is 9.79 Å². The predicted octanol–water partition coefficient (Wildman–Crippen LogP) is 3.53. The average molecular weight is 589 g/mol. The molecule has 2 amide bonds. The lowest BCUT2D eigenvalue weighted by Gasteiger charge is -2.14. The molecule has 2 rings (SSSR count). The zero-order chi connectivity index (χ0) is 28.6. The first-order valence-corrected chi connectivity index (χ1v) is 15.2. The van der Waals surface area contributed by atoms with Gasteiger partial charge in [0, 0.05) is 4.57 Å². The molecule has 1 aliphatic heterocycles. The van der Waals surface area contributed by atoms with E-state index in [2.05, 4.69) is 19.3 Å². The van der Waals surface area contributed by atoms with Gasteiger partial charge >= 0.3 is 25.5 Å². The molecule has 16 heteroatoms. The zero-order valence-electron chi connectivity index (χ0n) is 21.3. The molecule has 1 fully saturated rings. The topological polar surface area (TPSA) is 206 Å². The predicted molar refractivity (Wildman–Crippen MR) is 142 cm³/mol. The van der Waals surface area contributed by atoms with E-state index in [4.69, 9.17) is 43.0 Å². The summed E-state index contributed by atoms with van der Waals surface area (Å²) in [6.45, 7) is 7.42. The van der Waals surface area contributed by atoms with Crippen molar-refractivity contribution in [3.05, 3.63) is 30.3 Å². The zero-order valence-corrected chi connectivity index (χ0v) is 24.0. The SMILES string of the molecule is CCCCC1C(=O)NN(c2ccccc2)C1=O.CCCCOP(O)OCCCC.O=[P+](O)O.OP(O)O. The van der Waals surface area contributed by atoms with Crippen LogP contribution in [-0.4, -0.2) is 54.4 Å². The molecule has 0 spiro atoms. The minimum Gasteiger partial charge on any atom is -0.328 e. The van der Waals surface area contributed by atoms with Gasteiger partial charge in [-0.1, -0.05) is 64.7 Å². The first kappa shape index (κ1) is 37.9. The Bertz CT molecular complexity index is 716. The highest BCUT2D eigenvalue weighted by molar-refractivity contribution is 7.40. The molecule has 1 aromatic rings. The largest absolute Gasteiger partial charge is 0.692 e. The molecule has 37 heavy (non-hydrogen) atoms. The van der Waals surface area contributed by atoms with Gasteiger partial charge in [-0.2, -0.15) is 0 Å². The van der Waals surface area contributed by atoms with E-state index in [1.165, 1.54) is 5.01 Å². The molecule has 13 nitrogen and oxygen atoms in total. The van der Waals surface area contributed by atoms with Crippen molar-refractivity contribution in [2.75, 3.05) is 18.2 Å². The Morgan fingerprint density at radius 3 is 1.73 bits per heavy atom. The van der Waals surface area contributed by atoms with Crippen LogP contribution in [0, 0.1) is 5.92 Å². The number of carbonyl (C=O) groups excluding carboxylic acids is 2. The first-order chi connectivity index (χ1) is 17.5. The van der Waals surface area contributed by atoms with Crippen molar-refractivity contribution in [1.29, 1.82) is 0 Å². The van der Waals surface area contributed by atoms with Crippen LogP contribution in [0.3, 0.4) is 0 Å². The highest BCUT2D eigenvalue weighted by Gasteiger charge is 2.39. The van der Waals surface area contributed by atoms with Crippen molar-refractivity contribution in [1.82, 2.24) is 5.43 Å². The summed E-state index contributed by atoms with van der Waals surface area (Å²) in [6.07, 6.45) is 6.64. The van der Waals surface area contributed by atoms with E-state index in [-0.39, 0.29) is 11.8 Å². The van der Waals surface area contributed by atoms with E-state index in [0.717, 1.165) is 38.5 Å². The fourth-order valence-electron chi connectivity index (χ4n) is 2.55. The Morgan fingerprint density at radius 1 is 0.892 bits per heavy atom. The highest BCUT2D eigenvalue weighted by atomic mass is 31.2. The fourth-order valence-corrected chi connectivity index (χ4v) is 3.20. The number of nitrogens with zero attached hydrogens (tertiary/aromatic N) is 1. The number of unbranched alkanes of at least 4 members (excludes halogenated alkanes) is 3. The van der Waals surface area contributed by atoms with Gasteiger partial charge in [-0.25, -0.2) is 5.01 Å². The van der Waals surface area contributed by atoms with Crippen LogP contribution in [0.25, 0.3) is 0 Å². The van der Waals surface area contributed by atoms with Gasteiger partial charge in [0.25, 0.3) is 11.8 Å². The first-order valence-electron chi connectivity index (χ1n) is 11.7. The number of rotatable bonds is 12. The summed E-state index contributed by atoms with van der Waals surface area (Å²) < 4.78 is 18.8. The quantitative estimate of drug-likeness (QED) is 0.107. The highest BCUT2D eigenvalue weighted by Crippen LogP contribution is 2.32. The Labute approximate surface area is 221 Å². The van der Waals surface area contributed by atoms with Gasteiger partial charge in [0.05, 0.1) is 18.9 Å². The standard InChI is InChI=1S/C13H16N2O2.C8H19O3P.H3O3P.HO3P/c1-2-3-9-11-12(16)14-15(13(11)17)10-7-5-4-6-8-10;1-3-5-7-10-12(9)11-8-6-4-2;2*1-4(2)3/h4-8,11H,2-3,9H2,1H3,(H,14,16);9H,3-8H2,1-2H3;1-3H;(H-,1,2,3)/p+1. The van der Waals surface area contributed by atoms with E-state index in [9.17, 15) is 9.59 Å². The van der Waals surface area contributed by atoms with Crippen LogP contribution in [0.15, 0.2) is 30.3 Å². The van der Waals surface area contributed by atoms with Gasteiger partial charge in [0.15, 0.2) is 0 Å². The van der Waals surface area contributed by atoms with E-state index < -0.39 is 31.4 Å². The number of amides is 2. The molecular formula is C21H40N2O11P3+. The van der Waals surface area contributed by atoms with Gasteiger partial charge < -0.3 is 28.6 Å². The Morgan fingerprint density at radius 2 is 1.32 bits per heavy atom. The van der Waals surface area contributed by atoms with Gasteiger partial charge in [0.2, 0.25) is 0 Å². The summed E-state index contributed by atoms with van der Waals surface area (Å²) in [5.74, 6) is -0.850. The van der Waals surface area contributed by atoms with Crippen molar-refractivity contribution >= 4 is 43.0 Å². The summed E-state index contributed by atoms with van der Waals surface area (Å²) in [6, 6.07) is 9.17. The number of hydrogen-bond acceptors (Lipinski definition) is 9. The summed E-state index contributed by atoms with van der Waals surface area (Å²) in [4.78, 5) is 68.8. The molecule has 1 atom stereocenters. The minimum absolute atomic E-state index is 0.144. The molecule has 1 aromatic carbocycles. The van der Waals surface area contributed by atoms with Gasteiger partial charge in [-0.3, -0.25) is 15.0 Å². The Balaban J connectivity index is 0. The second-order valence-corrected chi connectivity index (χ2v) is 9.35. The number of hydrazine groups is 1. The third-order valence-electron chi connectivity index (χ3n) is 4.32. The third kappa shape index (κ3) is 22.5. The van der Waals surface area contributed by atoms with E-state index >= 15 is 0 Å². The average Bonchev–Trinajstić information content (AvgIpc) is 3.11. The minimum atomic E-state index is -2.87. The molecule has 1 heterocycles. The second kappa shape index (κ2) is 25.1.